The van der Waals surface area contributed by atoms with E-state index < -0.39 is 0 Å². The van der Waals surface area contributed by atoms with Crippen LogP contribution in [0.2, 0.25) is 0 Å². The molecule has 0 unspecified atom stereocenters. The smallest absolute Gasteiger partial charge is 0.227 e. The highest BCUT2D eigenvalue weighted by Crippen LogP contribution is 2.28. The van der Waals surface area contributed by atoms with Crippen molar-refractivity contribution in [2.45, 2.75) is 39.5 Å². The molecule has 1 amide bonds. The zero-order valence-corrected chi connectivity index (χ0v) is 11.9. The van der Waals surface area contributed by atoms with Crippen molar-refractivity contribution in [1.29, 1.82) is 0 Å². The van der Waals surface area contributed by atoms with Crippen molar-refractivity contribution < 1.29 is 9.59 Å². The van der Waals surface area contributed by atoms with Crippen LogP contribution in [0.15, 0.2) is 18.2 Å². The van der Waals surface area contributed by atoms with Crippen molar-refractivity contribution in [3.63, 3.8) is 0 Å². The zero-order valence-electron chi connectivity index (χ0n) is 11.9. The third kappa shape index (κ3) is 3.03. The van der Waals surface area contributed by atoms with Crippen LogP contribution in [0, 0.1) is 5.92 Å². The first-order valence-electron chi connectivity index (χ1n) is 6.91. The van der Waals surface area contributed by atoms with E-state index in [4.69, 9.17) is 0 Å². The Morgan fingerprint density at radius 1 is 1.32 bits per heavy atom. The summed E-state index contributed by atoms with van der Waals surface area (Å²) < 4.78 is 0. The molecule has 3 heteroatoms. The lowest BCUT2D eigenvalue weighted by atomic mass is 9.95. The predicted octanol–water partition coefficient (Wildman–Crippen LogP) is 3.21. The number of Topliss-reactive ketones (excluding diaryl/α,β-unsaturated/α-hetero) is 1. The van der Waals surface area contributed by atoms with E-state index in [0.717, 1.165) is 29.7 Å². The third-order valence-corrected chi connectivity index (χ3v) is 3.69. The largest absolute Gasteiger partial charge is 0.315 e. The molecule has 1 aliphatic rings. The summed E-state index contributed by atoms with van der Waals surface area (Å²) in [6.45, 7) is 4.25. The van der Waals surface area contributed by atoms with Crippen molar-refractivity contribution in [1.82, 2.24) is 0 Å². The molecule has 0 N–H and O–H groups in total. The van der Waals surface area contributed by atoms with Gasteiger partial charge in [0, 0.05) is 31.1 Å². The van der Waals surface area contributed by atoms with Crippen LogP contribution in [0.25, 0.3) is 0 Å². The van der Waals surface area contributed by atoms with E-state index in [0.29, 0.717) is 18.8 Å². The number of hydrogen-bond acceptors (Lipinski definition) is 2. The number of carbonyl (C=O) groups excluding carboxylic acids is 2. The molecule has 0 aromatic heterocycles. The SMILES string of the molecule is CC(C)CCC(=O)c1ccc2c(c1)CCC(=O)N2C. The number of aryl methyl sites for hydroxylation is 1. The Balaban J connectivity index is 2.17. The molecule has 1 heterocycles. The van der Waals surface area contributed by atoms with Crippen molar-refractivity contribution in [2.24, 2.45) is 5.92 Å². The Hall–Kier alpha value is -1.64. The molecule has 0 spiro atoms. The summed E-state index contributed by atoms with van der Waals surface area (Å²) in [6, 6.07) is 5.70. The van der Waals surface area contributed by atoms with Crippen molar-refractivity contribution in [3.05, 3.63) is 29.3 Å². The van der Waals surface area contributed by atoms with Crippen LogP contribution in [0.5, 0.6) is 0 Å². The third-order valence-electron chi connectivity index (χ3n) is 3.69. The van der Waals surface area contributed by atoms with Gasteiger partial charge in [0.05, 0.1) is 0 Å². The van der Waals surface area contributed by atoms with Gasteiger partial charge in [-0.1, -0.05) is 13.8 Å². The van der Waals surface area contributed by atoms with E-state index in [2.05, 4.69) is 13.8 Å². The fourth-order valence-corrected chi connectivity index (χ4v) is 2.39. The number of carbonyl (C=O) groups is 2. The van der Waals surface area contributed by atoms with Crippen LogP contribution >= 0.6 is 0 Å². The minimum Gasteiger partial charge on any atom is -0.315 e. The maximum absolute atomic E-state index is 12.1. The normalized spacial score (nSPS) is 14.7. The molecule has 0 radical (unpaired) electrons. The Morgan fingerprint density at radius 2 is 2.05 bits per heavy atom. The van der Waals surface area contributed by atoms with Crippen LogP contribution in [-0.4, -0.2) is 18.7 Å². The second kappa shape index (κ2) is 5.55. The Labute approximate surface area is 114 Å². The molecule has 1 aromatic carbocycles. The van der Waals surface area contributed by atoms with Gasteiger partial charge in [0.25, 0.3) is 0 Å². The van der Waals surface area contributed by atoms with E-state index >= 15 is 0 Å². The molecule has 0 atom stereocenters. The van der Waals surface area contributed by atoms with Crippen molar-refractivity contribution >= 4 is 17.4 Å². The van der Waals surface area contributed by atoms with Gasteiger partial charge in [0.2, 0.25) is 5.91 Å². The predicted molar refractivity (Wildman–Crippen MR) is 76.6 cm³/mol. The van der Waals surface area contributed by atoms with E-state index in [1.165, 1.54) is 0 Å². The molecule has 102 valence electrons. The monoisotopic (exact) mass is 259 g/mol. The fourth-order valence-electron chi connectivity index (χ4n) is 2.39. The van der Waals surface area contributed by atoms with Crippen LogP contribution in [-0.2, 0) is 11.2 Å². The van der Waals surface area contributed by atoms with Gasteiger partial charge in [-0.15, -0.1) is 0 Å². The molecule has 0 saturated heterocycles. The summed E-state index contributed by atoms with van der Waals surface area (Å²) in [7, 11) is 1.79. The molecule has 0 saturated carbocycles. The highest BCUT2D eigenvalue weighted by molar-refractivity contribution is 5.99. The van der Waals surface area contributed by atoms with E-state index in [9.17, 15) is 9.59 Å². The lowest BCUT2D eigenvalue weighted by Crippen LogP contribution is -2.31. The second-order valence-electron chi connectivity index (χ2n) is 5.65. The van der Waals surface area contributed by atoms with E-state index in [1.807, 2.05) is 18.2 Å². The number of nitrogens with zero attached hydrogens (tertiary/aromatic N) is 1. The summed E-state index contributed by atoms with van der Waals surface area (Å²) in [4.78, 5) is 25.4. The first-order chi connectivity index (χ1) is 8.99. The van der Waals surface area contributed by atoms with Crippen LogP contribution in [0.1, 0.15) is 49.0 Å². The summed E-state index contributed by atoms with van der Waals surface area (Å²) in [5, 5.41) is 0. The summed E-state index contributed by atoms with van der Waals surface area (Å²) in [6.07, 6.45) is 2.80. The van der Waals surface area contributed by atoms with Gasteiger partial charge >= 0.3 is 0 Å². The highest BCUT2D eigenvalue weighted by Gasteiger charge is 2.21. The van der Waals surface area contributed by atoms with Gasteiger partial charge < -0.3 is 4.90 Å². The molecule has 2 rings (SSSR count). The van der Waals surface area contributed by atoms with E-state index in [-0.39, 0.29) is 11.7 Å². The average molecular weight is 259 g/mol. The van der Waals surface area contributed by atoms with E-state index in [1.54, 1.807) is 11.9 Å². The number of ketones is 1. The quantitative estimate of drug-likeness (QED) is 0.779. The highest BCUT2D eigenvalue weighted by atomic mass is 16.2. The molecule has 0 fully saturated rings. The molecular weight excluding hydrogens is 238 g/mol. The number of rotatable bonds is 4. The Bertz CT molecular complexity index is 505. The minimum absolute atomic E-state index is 0.145. The van der Waals surface area contributed by atoms with Gasteiger partial charge in [-0.3, -0.25) is 9.59 Å². The lowest BCUT2D eigenvalue weighted by Gasteiger charge is -2.26. The number of anilines is 1. The Kier molecular flexibility index (Phi) is 4.03. The van der Waals surface area contributed by atoms with Crippen LogP contribution in [0.4, 0.5) is 5.69 Å². The molecular formula is C16H21NO2. The van der Waals surface area contributed by atoms with Gasteiger partial charge in [0.1, 0.15) is 0 Å². The summed E-state index contributed by atoms with van der Waals surface area (Å²) in [5.74, 6) is 0.896. The topological polar surface area (TPSA) is 37.4 Å². The molecule has 1 aromatic rings. The Morgan fingerprint density at radius 3 is 2.74 bits per heavy atom. The number of fused-ring (bicyclic) bond motifs is 1. The van der Waals surface area contributed by atoms with Gasteiger partial charge in [0.15, 0.2) is 5.78 Å². The first-order valence-corrected chi connectivity index (χ1v) is 6.91. The van der Waals surface area contributed by atoms with Crippen molar-refractivity contribution in [2.75, 3.05) is 11.9 Å². The lowest BCUT2D eigenvalue weighted by molar-refractivity contribution is -0.118. The number of benzene rings is 1. The van der Waals surface area contributed by atoms with Gasteiger partial charge in [-0.25, -0.2) is 0 Å². The standard InChI is InChI=1S/C16H21NO2/c1-11(2)4-8-15(18)13-5-7-14-12(10-13)6-9-16(19)17(14)3/h5,7,10-11H,4,6,8-9H2,1-3H3. The van der Waals surface area contributed by atoms with Crippen LogP contribution in [0.3, 0.4) is 0 Å². The minimum atomic E-state index is 0.145. The maximum Gasteiger partial charge on any atom is 0.227 e. The second-order valence-corrected chi connectivity index (χ2v) is 5.65. The zero-order chi connectivity index (χ0) is 14.0. The average Bonchev–Trinajstić information content (AvgIpc) is 2.40. The van der Waals surface area contributed by atoms with Gasteiger partial charge in [-0.2, -0.15) is 0 Å². The fraction of sp³-hybridized carbons (Fsp3) is 0.500. The number of amides is 1. The number of hydrogen-bond donors (Lipinski definition) is 0. The van der Waals surface area contributed by atoms with Crippen LogP contribution < -0.4 is 4.90 Å². The molecule has 1 aliphatic heterocycles. The molecule has 0 bridgehead atoms. The molecule has 0 aliphatic carbocycles. The summed E-state index contributed by atoms with van der Waals surface area (Å²) >= 11 is 0. The molecule has 3 nitrogen and oxygen atoms in total. The molecule has 19 heavy (non-hydrogen) atoms. The summed E-state index contributed by atoms with van der Waals surface area (Å²) in [5.41, 5.74) is 2.83. The first kappa shape index (κ1) is 13.8. The maximum atomic E-state index is 12.1. The van der Waals surface area contributed by atoms with Crippen molar-refractivity contribution in [3.8, 4) is 0 Å². The van der Waals surface area contributed by atoms with Gasteiger partial charge in [-0.05, 0) is 42.5 Å².